The van der Waals surface area contributed by atoms with E-state index in [1.54, 1.807) is 38.1 Å². The Labute approximate surface area is 160 Å². The standard InChI is InChI=1S/C21H16ClFO4/c1-3-26-21(25)17-12(2)27-20(14-6-10-16(23)11-7-14)18(17)19(24)13-4-8-15(22)9-5-13/h4-11H,3H2,1-2H3. The molecule has 0 radical (unpaired) electrons. The van der Waals surface area contributed by atoms with Crippen molar-refractivity contribution in [2.75, 3.05) is 6.61 Å². The van der Waals surface area contributed by atoms with Crippen LogP contribution in [-0.2, 0) is 4.74 Å². The number of hydrogen-bond donors (Lipinski definition) is 0. The minimum absolute atomic E-state index is 0.0659. The molecule has 0 fully saturated rings. The fourth-order valence-corrected chi connectivity index (χ4v) is 2.89. The van der Waals surface area contributed by atoms with E-state index in [9.17, 15) is 14.0 Å². The largest absolute Gasteiger partial charge is 0.462 e. The second kappa shape index (κ2) is 7.76. The molecule has 27 heavy (non-hydrogen) atoms. The normalized spacial score (nSPS) is 10.7. The smallest absolute Gasteiger partial charge is 0.342 e. The van der Waals surface area contributed by atoms with Gasteiger partial charge in [0.25, 0.3) is 0 Å². The summed E-state index contributed by atoms with van der Waals surface area (Å²) in [5.41, 5.74) is 0.970. The van der Waals surface area contributed by atoms with Crippen LogP contribution in [0.25, 0.3) is 11.3 Å². The van der Waals surface area contributed by atoms with Crippen LogP contribution >= 0.6 is 11.6 Å². The van der Waals surface area contributed by atoms with Gasteiger partial charge in [0.1, 0.15) is 22.9 Å². The number of aryl methyl sites for hydroxylation is 1. The zero-order valence-corrected chi connectivity index (χ0v) is 15.5. The number of carbonyl (C=O) groups excluding carboxylic acids is 2. The molecule has 0 spiro atoms. The summed E-state index contributed by atoms with van der Waals surface area (Å²) < 4.78 is 24.1. The Morgan fingerprint density at radius 3 is 2.26 bits per heavy atom. The van der Waals surface area contributed by atoms with Crippen molar-refractivity contribution in [3.05, 3.63) is 81.8 Å². The maximum Gasteiger partial charge on any atom is 0.342 e. The summed E-state index contributed by atoms with van der Waals surface area (Å²) in [6, 6.07) is 11.8. The lowest BCUT2D eigenvalue weighted by Crippen LogP contribution is -2.12. The van der Waals surface area contributed by atoms with E-state index in [0.29, 0.717) is 16.1 Å². The molecule has 0 unspecified atom stereocenters. The number of benzene rings is 2. The second-order valence-electron chi connectivity index (χ2n) is 5.80. The molecule has 1 aromatic heterocycles. The average molecular weight is 387 g/mol. The first-order chi connectivity index (χ1) is 12.9. The van der Waals surface area contributed by atoms with Crippen molar-refractivity contribution in [2.24, 2.45) is 0 Å². The minimum atomic E-state index is -0.649. The Kier molecular flexibility index (Phi) is 5.42. The van der Waals surface area contributed by atoms with Gasteiger partial charge in [-0.15, -0.1) is 0 Å². The molecular formula is C21H16ClFO4. The van der Waals surface area contributed by atoms with E-state index in [2.05, 4.69) is 0 Å². The zero-order chi connectivity index (χ0) is 19.6. The van der Waals surface area contributed by atoms with E-state index < -0.39 is 17.6 Å². The monoisotopic (exact) mass is 386 g/mol. The van der Waals surface area contributed by atoms with E-state index in [-0.39, 0.29) is 29.3 Å². The van der Waals surface area contributed by atoms with Crippen LogP contribution in [-0.4, -0.2) is 18.4 Å². The summed E-state index contributed by atoms with van der Waals surface area (Å²) in [7, 11) is 0. The van der Waals surface area contributed by atoms with Gasteiger partial charge in [0.05, 0.1) is 12.2 Å². The third kappa shape index (κ3) is 3.78. The number of rotatable bonds is 5. The van der Waals surface area contributed by atoms with Crippen molar-refractivity contribution in [2.45, 2.75) is 13.8 Å². The Hall–Kier alpha value is -2.92. The topological polar surface area (TPSA) is 56.5 Å². The number of ether oxygens (including phenoxy) is 1. The highest BCUT2D eigenvalue weighted by Crippen LogP contribution is 2.34. The molecule has 0 aliphatic rings. The Morgan fingerprint density at radius 1 is 1.04 bits per heavy atom. The summed E-state index contributed by atoms with van der Waals surface area (Å²) in [4.78, 5) is 25.6. The Balaban J connectivity index is 2.21. The van der Waals surface area contributed by atoms with Gasteiger partial charge in [0, 0.05) is 16.1 Å². The summed E-state index contributed by atoms with van der Waals surface area (Å²) in [5.74, 6) is -1.03. The maximum atomic E-state index is 13.3. The molecular weight excluding hydrogens is 371 g/mol. The van der Waals surface area contributed by atoms with Crippen LogP contribution in [0.4, 0.5) is 4.39 Å². The highest BCUT2D eigenvalue weighted by Gasteiger charge is 2.30. The SMILES string of the molecule is CCOC(=O)c1c(C)oc(-c2ccc(F)cc2)c1C(=O)c1ccc(Cl)cc1. The molecule has 3 rings (SSSR count). The fourth-order valence-electron chi connectivity index (χ4n) is 2.76. The lowest BCUT2D eigenvalue weighted by molar-refractivity contribution is 0.0522. The lowest BCUT2D eigenvalue weighted by Gasteiger charge is -2.06. The Morgan fingerprint density at radius 2 is 1.67 bits per heavy atom. The van der Waals surface area contributed by atoms with Gasteiger partial charge in [-0.1, -0.05) is 11.6 Å². The van der Waals surface area contributed by atoms with E-state index in [1.165, 1.54) is 24.3 Å². The molecule has 0 saturated carbocycles. The molecule has 0 bridgehead atoms. The number of esters is 1. The molecule has 0 saturated heterocycles. The molecule has 6 heteroatoms. The van der Waals surface area contributed by atoms with Crippen LogP contribution in [0.1, 0.15) is 39.0 Å². The number of ketones is 1. The van der Waals surface area contributed by atoms with Crippen LogP contribution < -0.4 is 0 Å². The average Bonchev–Trinajstić information content (AvgIpc) is 3.00. The molecule has 0 atom stereocenters. The predicted octanol–water partition coefficient (Wildman–Crippen LogP) is 5.46. The van der Waals surface area contributed by atoms with Crippen molar-refractivity contribution >= 4 is 23.4 Å². The summed E-state index contributed by atoms with van der Waals surface area (Å²) in [6.45, 7) is 3.41. The van der Waals surface area contributed by atoms with Gasteiger partial charge in [-0.05, 0) is 62.4 Å². The van der Waals surface area contributed by atoms with Crippen molar-refractivity contribution in [1.82, 2.24) is 0 Å². The number of furan rings is 1. The van der Waals surface area contributed by atoms with Crippen LogP contribution in [0, 0.1) is 12.7 Å². The Bertz CT molecular complexity index is 988. The summed E-state index contributed by atoms with van der Waals surface area (Å²) in [5, 5.41) is 0.485. The molecule has 138 valence electrons. The summed E-state index contributed by atoms with van der Waals surface area (Å²) >= 11 is 5.89. The van der Waals surface area contributed by atoms with E-state index in [4.69, 9.17) is 20.8 Å². The molecule has 0 amide bonds. The maximum absolute atomic E-state index is 13.3. The first kappa shape index (κ1) is 18.9. The van der Waals surface area contributed by atoms with E-state index in [0.717, 1.165) is 0 Å². The van der Waals surface area contributed by atoms with Crippen LogP contribution in [0.2, 0.25) is 5.02 Å². The van der Waals surface area contributed by atoms with Crippen molar-refractivity contribution in [3.8, 4) is 11.3 Å². The van der Waals surface area contributed by atoms with Gasteiger partial charge in [0.2, 0.25) is 0 Å². The second-order valence-corrected chi connectivity index (χ2v) is 6.24. The predicted molar refractivity (Wildman–Crippen MR) is 99.7 cm³/mol. The van der Waals surface area contributed by atoms with Gasteiger partial charge < -0.3 is 9.15 Å². The number of carbonyl (C=O) groups is 2. The third-order valence-corrected chi connectivity index (χ3v) is 4.26. The van der Waals surface area contributed by atoms with Crippen LogP contribution in [0.15, 0.2) is 52.9 Å². The first-order valence-corrected chi connectivity index (χ1v) is 8.67. The van der Waals surface area contributed by atoms with E-state index >= 15 is 0 Å². The van der Waals surface area contributed by atoms with Gasteiger partial charge >= 0.3 is 5.97 Å². The molecule has 1 heterocycles. The first-order valence-electron chi connectivity index (χ1n) is 8.29. The molecule has 2 aromatic carbocycles. The molecule has 0 aliphatic heterocycles. The lowest BCUT2D eigenvalue weighted by atomic mass is 9.96. The third-order valence-electron chi connectivity index (χ3n) is 4.00. The van der Waals surface area contributed by atoms with Gasteiger partial charge in [-0.3, -0.25) is 4.79 Å². The fraction of sp³-hybridized carbons (Fsp3) is 0.143. The minimum Gasteiger partial charge on any atom is -0.462 e. The molecule has 0 N–H and O–H groups in total. The summed E-state index contributed by atoms with van der Waals surface area (Å²) in [6.07, 6.45) is 0. The van der Waals surface area contributed by atoms with Gasteiger partial charge in [0.15, 0.2) is 5.78 Å². The molecule has 3 aromatic rings. The molecule has 0 aliphatic carbocycles. The molecule has 4 nitrogen and oxygen atoms in total. The van der Waals surface area contributed by atoms with Gasteiger partial charge in [-0.2, -0.15) is 0 Å². The van der Waals surface area contributed by atoms with Crippen LogP contribution in [0.5, 0.6) is 0 Å². The van der Waals surface area contributed by atoms with Gasteiger partial charge in [-0.25, -0.2) is 9.18 Å². The number of hydrogen-bond acceptors (Lipinski definition) is 4. The van der Waals surface area contributed by atoms with Crippen molar-refractivity contribution in [3.63, 3.8) is 0 Å². The highest BCUT2D eigenvalue weighted by atomic mass is 35.5. The van der Waals surface area contributed by atoms with Crippen LogP contribution in [0.3, 0.4) is 0 Å². The highest BCUT2D eigenvalue weighted by molar-refractivity contribution is 6.30. The van der Waals surface area contributed by atoms with Crippen molar-refractivity contribution < 1.29 is 23.1 Å². The number of halogens is 2. The quantitative estimate of drug-likeness (QED) is 0.432. The zero-order valence-electron chi connectivity index (χ0n) is 14.7. The van der Waals surface area contributed by atoms with Crippen molar-refractivity contribution in [1.29, 1.82) is 0 Å². The van der Waals surface area contributed by atoms with E-state index in [1.807, 2.05) is 0 Å².